The van der Waals surface area contributed by atoms with Gasteiger partial charge in [0, 0.05) is 5.25 Å². The van der Waals surface area contributed by atoms with Gasteiger partial charge in [-0.15, -0.1) is 11.8 Å². The van der Waals surface area contributed by atoms with E-state index >= 15 is 0 Å². The molecule has 0 bridgehead atoms. The molecule has 0 amide bonds. The number of carboxylic acids is 1. The quantitative estimate of drug-likeness (QED) is 0.565. The number of benzene rings is 3. The Kier molecular flexibility index (Phi) is 6.32. The molecule has 3 aromatic rings. The van der Waals surface area contributed by atoms with E-state index in [0.29, 0.717) is 0 Å². The Bertz CT molecular complexity index is 754. The van der Waals surface area contributed by atoms with Gasteiger partial charge in [-0.2, -0.15) is 0 Å². The van der Waals surface area contributed by atoms with Crippen molar-refractivity contribution in [2.45, 2.75) is 16.4 Å². The molecule has 0 fully saturated rings. The lowest BCUT2D eigenvalue weighted by molar-refractivity contribution is -0.137. The molecule has 0 aromatic heterocycles. The van der Waals surface area contributed by atoms with Crippen molar-refractivity contribution < 1.29 is 15.0 Å². The van der Waals surface area contributed by atoms with E-state index in [9.17, 15) is 15.0 Å². The molecule has 0 aliphatic carbocycles. The molecular weight excluding hydrogens is 356 g/mol. The topological polar surface area (TPSA) is 57.5 Å². The molecule has 3 nitrogen and oxygen atoms in total. The van der Waals surface area contributed by atoms with Crippen LogP contribution in [0.1, 0.15) is 23.1 Å². The number of aliphatic hydroxyl groups excluding tert-OH is 1. The molecule has 27 heavy (non-hydrogen) atoms. The van der Waals surface area contributed by atoms with Gasteiger partial charge in [0.25, 0.3) is 0 Å². The third-order valence-corrected chi connectivity index (χ3v) is 6.20. The van der Waals surface area contributed by atoms with Crippen molar-refractivity contribution in [3.63, 3.8) is 0 Å². The first kappa shape index (κ1) is 19.2. The fourth-order valence-electron chi connectivity index (χ4n) is 3.31. The maximum atomic E-state index is 11.3. The number of thioether (sulfide) groups is 1. The van der Waals surface area contributed by atoms with Gasteiger partial charge in [0.05, 0.1) is 17.8 Å². The highest BCUT2D eigenvalue weighted by atomic mass is 32.2. The molecular formula is C23H22O3S. The highest BCUT2D eigenvalue weighted by Crippen LogP contribution is 2.50. The highest BCUT2D eigenvalue weighted by molar-refractivity contribution is 8.01. The second kappa shape index (κ2) is 8.89. The fraction of sp³-hybridized carbons (Fsp3) is 0.174. The number of carboxylic acid groups (broad SMARTS) is 1. The molecule has 0 radical (unpaired) electrons. The number of hydrogen-bond acceptors (Lipinski definition) is 3. The predicted octanol–water partition coefficient (Wildman–Crippen LogP) is 4.55. The van der Waals surface area contributed by atoms with Crippen LogP contribution in [0.15, 0.2) is 91.0 Å². The van der Waals surface area contributed by atoms with E-state index in [-0.39, 0.29) is 13.0 Å². The summed E-state index contributed by atoms with van der Waals surface area (Å²) in [6.07, 6.45) is -0.102. The number of hydrogen-bond donors (Lipinski definition) is 2. The minimum Gasteiger partial charge on any atom is -0.481 e. The van der Waals surface area contributed by atoms with E-state index in [1.54, 1.807) is 0 Å². The van der Waals surface area contributed by atoms with Crippen molar-refractivity contribution in [3.8, 4) is 0 Å². The average molecular weight is 378 g/mol. The van der Waals surface area contributed by atoms with Gasteiger partial charge in [0.1, 0.15) is 0 Å². The van der Waals surface area contributed by atoms with Crippen molar-refractivity contribution in [3.05, 3.63) is 108 Å². The van der Waals surface area contributed by atoms with Crippen molar-refractivity contribution in [2.75, 3.05) is 6.61 Å². The normalized spacial score (nSPS) is 12.5. The first-order valence-corrected chi connectivity index (χ1v) is 9.72. The monoisotopic (exact) mass is 378 g/mol. The predicted molar refractivity (Wildman–Crippen MR) is 110 cm³/mol. The third kappa shape index (κ3) is 4.24. The second-order valence-electron chi connectivity index (χ2n) is 6.30. The van der Waals surface area contributed by atoms with Crippen LogP contribution in [0.5, 0.6) is 0 Å². The van der Waals surface area contributed by atoms with Crippen molar-refractivity contribution >= 4 is 17.7 Å². The molecule has 0 heterocycles. The van der Waals surface area contributed by atoms with Crippen molar-refractivity contribution in [2.24, 2.45) is 0 Å². The largest absolute Gasteiger partial charge is 0.481 e. The number of aliphatic carboxylic acids is 1. The van der Waals surface area contributed by atoms with Crippen molar-refractivity contribution in [1.82, 2.24) is 0 Å². The standard InChI is InChI=1S/C23H22O3S/c24-17-21(16-22(25)26)27-23(18-10-4-1-5-11-18,19-12-6-2-7-13-19)20-14-8-3-9-15-20/h1-15,21,24H,16-17H2,(H,25,26). The van der Waals surface area contributed by atoms with Crippen LogP contribution in [0.2, 0.25) is 0 Å². The van der Waals surface area contributed by atoms with Crippen LogP contribution >= 0.6 is 11.8 Å². The van der Waals surface area contributed by atoms with Crippen LogP contribution in [-0.2, 0) is 9.54 Å². The van der Waals surface area contributed by atoms with Crippen LogP contribution in [0.4, 0.5) is 0 Å². The Morgan fingerprint density at radius 3 is 1.44 bits per heavy atom. The molecule has 3 aromatic carbocycles. The van der Waals surface area contributed by atoms with E-state index in [2.05, 4.69) is 36.4 Å². The van der Waals surface area contributed by atoms with E-state index in [4.69, 9.17) is 0 Å². The zero-order valence-electron chi connectivity index (χ0n) is 14.9. The zero-order valence-corrected chi connectivity index (χ0v) is 15.7. The molecule has 0 spiro atoms. The summed E-state index contributed by atoms with van der Waals surface area (Å²) < 4.78 is -0.618. The average Bonchev–Trinajstić information content (AvgIpc) is 2.73. The summed E-state index contributed by atoms with van der Waals surface area (Å²) in [6, 6.07) is 30.2. The number of rotatable bonds is 8. The van der Waals surface area contributed by atoms with Gasteiger partial charge in [-0.25, -0.2) is 0 Å². The second-order valence-corrected chi connectivity index (χ2v) is 7.81. The van der Waals surface area contributed by atoms with E-state index in [0.717, 1.165) is 16.7 Å². The van der Waals surface area contributed by atoms with Gasteiger partial charge >= 0.3 is 5.97 Å². The molecule has 0 aliphatic heterocycles. The van der Waals surface area contributed by atoms with Crippen LogP contribution in [0, 0.1) is 0 Å². The summed E-state index contributed by atoms with van der Waals surface area (Å²) in [5.41, 5.74) is 3.16. The lowest BCUT2D eigenvalue weighted by Gasteiger charge is -2.37. The SMILES string of the molecule is O=C(O)CC(CO)SC(c1ccccc1)(c1ccccc1)c1ccccc1. The Labute approximate surface area is 163 Å². The molecule has 1 unspecified atom stereocenters. The van der Waals surface area contributed by atoms with Gasteiger partial charge in [-0.05, 0) is 16.7 Å². The Morgan fingerprint density at radius 2 is 1.15 bits per heavy atom. The van der Waals surface area contributed by atoms with Gasteiger partial charge in [0.15, 0.2) is 0 Å². The first-order valence-electron chi connectivity index (χ1n) is 8.84. The van der Waals surface area contributed by atoms with Crippen LogP contribution < -0.4 is 0 Å². The molecule has 3 rings (SSSR count). The lowest BCUT2D eigenvalue weighted by atomic mass is 9.84. The summed E-state index contributed by atoms with van der Waals surface area (Å²) in [6.45, 7) is -0.203. The Balaban J connectivity index is 2.24. The molecule has 0 aliphatic rings. The lowest BCUT2D eigenvalue weighted by Crippen LogP contribution is -2.30. The minimum absolute atomic E-state index is 0.102. The van der Waals surface area contributed by atoms with E-state index in [1.165, 1.54) is 11.8 Å². The maximum absolute atomic E-state index is 11.3. The van der Waals surface area contributed by atoms with E-state index in [1.807, 2.05) is 54.6 Å². The van der Waals surface area contributed by atoms with E-state index < -0.39 is 16.0 Å². The smallest absolute Gasteiger partial charge is 0.304 e. The summed E-state index contributed by atoms with van der Waals surface area (Å²) >= 11 is 1.49. The van der Waals surface area contributed by atoms with Gasteiger partial charge in [0.2, 0.25) is 0 Å². The fourth-order valence-corrected chi connectivity index (χ4v) is 4.93. The minimum atomic E-state index is -0.912. The molecule has 2 N–H and O–H groups in total. The number of carbonyl (C=O) groups is 1. The Morgan fingerprint density at radius 1 is 0.778 bits per heavy atom. The third-order valence-electron chi connectivity index (χ3n) is 4.49. The summed E-state index contributed by atoms with van der Waals surface area (Å²) in [7, 11) is 0. The van der Waals surface area contributed by atoms with Crippen LogP contribution in [-0.4, -0.2) is 28.0 Å². The molecule has 0 saturated heterocycles. The van der Waals surface area contributed by atoms with Gasteiger partial charge in [-0.3, -0.25) is 4.79 Å². The highest BCUT2D eigenvalue weighted by Gasteiger charge is 2.39. The molecule has 0 saturated carbocycles. The van der Waals surface area contributed by atoms with Crippen molar-refractivity contribution in [1.29, 1.82) is 0 Å². The molecule has 4 heteroatoms. The van der Waals surface area contributed by atoms with Crippen LogP contribution in [0.3, 0.4) is 0 Å². The summed E-state index contributed by atoms with van der Waals surface area (Å²) in [5.74, 6) is -0.912. The number of aliphatic hydroxyl groups is 1. The Hall–Kier alpha value is -2.56. The molecule has 138 valence electrons. The maximum Gasteiger partial charge on any atom is 0.304 e. The van der Waals surface area contributed by atoms with Crippen LogP contribution in [0.25, 0.3) is 0 Å². The summed E-state index contributed by atoms with van der Waals surface area (Å²) in [5, 5.41) is 18.8. The van der Waals surface area contributed by atoms with Gasteiger partial charge in [-0.1, -0.05) is 91.0 Å². The van der Waals surface area contributed by atoms with Gasteiger partial charge < -0.3 is 10.2 Å². The molecule has 1 atom stereocenters. The zero-order chi connectivity index (χ0) is 19.1. The first-order chi connectivity index (χ1) is 13.2. The summed E-state index contributed by atoms with van der Waals surface area (Å²) in [4.78, 5) is 11.3.